The summed E-state index contributed by atoms with van der Waals surface area (Å²) in [6.45, 7) is 2.08. The summed E-state index contributed by atoms with van der Waals surface area (Å²) in [6.07, 6.45) is 0. The minimum absolute atomic E-state index is 0.0123. The summed E-state index contributed by atoms with van der Waals surface area (Å²) < 4.78 is 27.3. The summed E-state index contributed by atoms with van der Waals surface area (Å²) >= 11 is 0. The van der Waals surface area contributed by atoms with Crippen LogP contribution < -0.4 is 23.7 Å². The van der Waals surface area contributed by atoms with E-state index in [0.717, 1.165) is 22.6 Å². The molecule has 0 heterocycles. The molecule has 0 radical (unpaired) electrons. The van der Waals surface area contributed by atoms with Crippen molar-refractivity contribution in [1.29, 1.82) is 0 Å². The third kappa shape index (κ3) is 3.35. The van der Waals surface area contributed by atoms with E-state index in [4.69, 9.17) is 23.7 Å². The van der Waals surface area contributed by atoms with Crippen LogP contribution in [0, 0.1) is 0 Å². The predicted molar refractivity (Wildman–Crippen MR) is 93.2 cm³/mol. The fourth-order valence-electron chi connectivity index (χ4n) is 2.79. The summed E-state index contributed by atoms with van der Waals surface area (Å²) in [5.74, 6) is 3.58. The van der Waals surface area contributed by atoms with Gasteiger partial charge in [0.25, 0.3) is 0 Å². The lowest BCUT2D eigenvalue weighted by molar-refractivity contribution is 0.365. The third-order valence-electron chi connectivity index (χ3n) is 4.09. The minimum Gasteiger partial charge on any atom is -0.497 e. The van der Waals surface area contributed by atoms with Gasteiger partial charge in [0.05, 0.1) is 35.5 Å². The summed E-state index contributed by atoms with van der Waals surface area (Å²) in [7, 11) is 8.16. The van der Waals surface area contributed by atoms with Crippen molar-refractivity contribution < 1.29 is 23.7 Å². The van der Waals surface area contributed by atoms with Gasteiger partial charge in [-0.25, -0.2) is 0 Å². The van der Waals surface area contributed by atoms with Crippen LogP contribution >= 0.6 is 0 Å². The molecular weight excluding hydrogens is 308 g/mol. The van der Waals surface area contributed by atoms with Crippen LogP contribution in [-0.2, 0) is 0 Å². The van der Waals surface area contributed by atoms with Crippen molar-refractivity contribution in [2.75, 3.05) is 35.5 Å². The Labute approximate surface area is 143 Å². The highest BCUT2D eigenvalue weighted by Gasteiger charge is 2.23. The van der Waals surface area contributed by atoms with Crippen LogP contribution in [0.3, 0.4) is 0 Å². The van der Waals surface area contributed by atoms with Gasteiger partial charge in [0.15, 0.2) is 0 Å². The van der Waals surface area contributed by atoms with E-state index in [9.17, 15) is 0 Å². The standard InChI is InChI=1S/C19H24O5/c1-12(15-8-7-13(20-2)9-16(15)22-4)19-17(23-5)10-14(21-3)11-18(19)24-6/h7-12H,1-6H3. The topological polar surface area (TPSA) is 46.2 Å². The molecule has 1 unspecified atom stereocenters. The zero-order valence-corrected chi connectivity index (χ0v) is 15.0. The maximum absolute atomic E-state index is 5.57. The molecule has 0 N–H and O–H groups in total. The molecule has 0 fully saturated rings. The first-order chi connectivity index (χ1) is 11.6. The normalized spacial score (nSPS) is 11.6. The van der Waals surface area contributed by atoms with Crippen LogP contribution in [0.5, 0.6) is 28.7 Å². The average molecular weight is 332 g/mol. The molecule has 0 saturated heterocycles. The highest BCUT2D eigenvalue weighted by molar-refractivity contribution is 5.57. The highest BCUT2D eigenvalue weighted by Crippen LogP contribution is 2.44. The van der Waals surface area contributed by atoms with E-state index in [-0.39, 0.29) is 5.92 Å². The predicted octanol–water partition coefficient (Wildman–Crippen LogP) is 3.88. The zero-order valence-electron chi connectivity index (χ0n) is 15.0. The van der Waals surface area contributed by atoms with Crippen LogP contribution in [0.4, 0.5) is 0 Å². The van der Waals surface area contributed by atoms with Crippen LogP contribution in [0.25, 0.3) is 0 Å². The first-order valence-corrected chi connectivity index (χ1v) is 7.61. The van der Waals surface area contributed by atoms with E-state index >= 15 is 0 Å². The molecule has 5 heteroatoms. The van der Waals surface area contributed by atoms with Crippen LogP contribution in [0.15, 0.2) is 30.3 Å². The molecule has 2 aromatic rings. The second-order valence-electron chi connectivity index (χ2n) is 5.28. The van der Waals surface area contributed by atoms with E-state index in [0.29, 0.717) is 17.2 Å². The van der Waals surface area contributed by atoms with Crippen molar-refractivity contribution in [1.82, 2.24) is 0 Å². The number of rotatable bonds is 7. The van der Waals surface area contributed by atoms with Crippen LogP contribution in [0.2, 0.25) is 0 Å². The molecule has 1 atom stereocenters. The van der Waals surface area contributed by atoms with E-state index in [2.05, 4.69) is 6.92 Å². The summed E-state index contributed by atoms with van der Waals surface area (Å²) in [4.78, 5) is 0. The van der Waals surface area contributed by atoms with Crippen molar-refractivity contribution in [3.05, 3.63) is 41.5 Å². The maximum Gasteiger partial charge on any atom is 0.130 e. The Bertz CT molecular complexity index is 671. The number of hydrogen-bond donors (Lipinski definition) is 0. The van der Waals surface area contributed by atoms with Gasteiger partial charge >= 0.3 is 0 Å². The van der Waals surface area contributed by atoms with Gasteiger partial charge in [-0.1, -0.05) is 13.0 Å². The fraction of sp³-hybridized carbons (Fsp3) is 0.368. The molecule has 0 spiro atoms. The Hall–Kier alpha value is -2.56. The summed E-state index contributed by atoms with van der Waals surface area (Å²) in [5, 5.41) is 0. The van der Waals surface area contributed by atoms with E-state index in [1.807, 2.05) is 30.3 Å². The third-order valence-corrected chi connectivity index (χ3v) is 4.09. The fourth-order valence-corrected chi connectivity index (χ4v) is 2.79. The smallest absolute Gasteiger partial charge is 0.130 e. The average Bonchev–Trinajstić information content (AvgIpc) is 2.65. The lowest BCUT2D eigenvalue weighted by atomic mass is 9.90. The van der Waals surface area contributed by atoms with Gasteiger partial charge in [-0.2, -0.15) is 0 Å². The van der Waals surface area contributed by atoms with E-state index < -0.39 is 0 Å². The molecule has 0 bridgehead atoms. The minimum atomic E-state index is -0.0123. The Morgan fingerprint density at radius 1 is 0.625 bits per heavy atom. The van der Waals surface area contributed by atoms with Gasteiger partial charge in [-0.15, -0.1) is 0 Å². The molecule has 24 heavy (non-hydrogen) atoms. The Morgan fingerprint density at radius 3 is 1.58 bits per heavy atom. The first-order valence-electron chi connectivity index (χ1n) is 7.61. The Morgan fingerprint density at radius 2 is 1.12 bits per heavy atom. The Kier molecular flexibility index (Phi) is 5.79. The van der Waals surface area contributed by atoms with Crippen molar-refractivity contribution in [3.63, 3.8) is 0 Å². The summed E-state index contributed by atoms with van der Waals surface area (Å²) in [6, 6.07) is 9.48. The Balaban J connectivity index is 2.59. The number of methoxy groups -OCH3 is 5. The molecule has 0 saturated carbocycles. The monoisotopic (exact) mass is 332 g/mol. The van der Waals surface area contributed by atoms with Crippen molar-refractivity contribution in [2.24, 2.45) is 0 Å². The quantitative estimate of drug-likeness (QED) is 0.770. The lowest BCUT2D eigenvalue weighted by Gasteiger charge is -2.22. The molecule has 5 nitrogen and oxygen atoms in total. The molecular formula is C19H24O5. The molecule has 2 rings (SSSR count). The van der Waals surface area contributed by atoms with E-state index in [1.165, 1.54) is 0 Å². The highest BCUT2D eigenvalue weighted by atomic mass is 16.5. The number of benzene rings is 2. The molecule has 2 aromatic carbocycles. The molecule has 0 aliphatic carbocycles. The van der Waals surface area contributed by atoms with Gasteiger partial charge in [0, 0.05) is 35.2 Å². The van der Waals surface area contributed by atoms with Gasteiger partial charge in [0.2, 0.25) is 0 Å². The lowest BCUT2D eigenvalue weighted by Crippen LogP contribution is -2.05. The molecule has 0 aliphatic heterocycles. The molecule has 0 aromatic heterocycles. The number of ether oxygens (including phenoxy) is 5. The second kappa shape index (κ2) is 7.81. The van der Waals surface area contributed by atoms with Gasteiger partial charge in [-0.3, -0.25) is 0 Å². The molecule has 130 valence electrons. The maximum atomic E-state index is 5.57. The van der Waals surface area contributed by atoms with Gasteiger partial charge < -0.3 is 23.7 Å². The van der Waals surface area contributed by atoms with Crippen molar-refractivity contribution in [3.8, 4) is 28.7 Å². The zero-order chi connectivity index (χ0) is 17.7. The van der Waals surface area contributed by atoms with Crippen molar-refractivity contribution in [2.45, 2.75) is 12.8 Å². The van der Waals surface area contributed by atoms with Crippen LogP contribution in [-0.4, -0.2) is 35.5 Å². The largest absolute Gasteiger partial charge is 0.497 e. The SMILES string of the molecule is COc1ccc(C(C)c2c(OC)cc(OC)cc2OC)c(OC)c1. The van der Waals surface area contributed by atoms with Gasteiger partial charge in [-0.05, 0) is 6.07 Å². The summed E-state index contributed by atoms with van der Waals surface area (Å²) in [5.41, 5.74) is 1.95. The molecule has 0 amide bonds. The first kappa shape index (κ1) is 17.8. The molecule has 0 aliphatic rings. The second-order valence-corrected chi connectivity index (χ2v) is 5.28. The van der Waals surface area contributed by atoms with Gasteiger partial charge in [0.1, 0.15) is 28.7 Å². The van der Waals surface area contributed by atoms with Crippen molar-refractivity contribution >= 4 is 0 Å². The van der Waals surface area contributed by atoms with Crippen LogP contribution in [0.1, 0.15) is 24.0 Å². The number of hydrogen-bond acceptors (Lipinski definition) is 5. The van der Waals surface area contributed by atoms with E-state index in [1.54, 1.807) is 35.5 Å².